The van der Waals surface area contributed by atoms with Gasteiger partial charge in [0.15, 0.2) is 0 Å². The fourth-order valence-electron chi connectivity index (χ4n) is 4.90. The minimum Gasteiger partial charge on any atom is -0.376 e. The van der Waals surface area contributed by atoms with Crippen LogP contribution in [0.5, 0.6) is 0 Å². The highest BCUT2D eigenvalue weighted by Crippen LogP contribution is 2.46. The number of nitrogens with zero attached hydrogens (tertiary/aromatic N) is 2. The van der Waals surface area contributed by atoms with Gasteiger partial charge in [-0.1, -0.05) is 6.07 Å². The van der Waals surface area contributed by atoms with Gasteiger partial charge in [-0.2, -0.15) is 11.8 Å². The van der Waals surface area contributed by atoms with E-state index in [2.05, 4.69) is 44.0 Å². The summed E-state index contributed by atoms with van der Waals surface area (Å²) in [5.74, 6) is 2.84. The van der Waals surface area contributed by atoms with Gasteiger partial charge in [0.1, 0.15) is 0 Å². The highest BCUT2D eigenvalue weighted by molar-refractivity contribution is 7.99. The molecule has 2 aromatic rings. The molecule has 3 aliphatic heterocycles. The summed E-state index contributed by atoms with van der Waals surface area (Å²) in [6.45, 7) is 4.86. The lowest BCUT2D eigenvalue weighted by Crippen LogP contribution is -2.39. The number of thioether (sulfide) groups is 1. The molecule has 4 heterocycles. The van der Waals surface area contributed by atoms with Crippen molar-refractivity contribution in [3.63, 3.8) is 0 Å². The Morgan fingerprint density at radius 2 is 2.10 bits per heavy atom. The summed E-state index contributed by atoms with van der Waals surface area (Å²) in [7, 11) is 0. The molecule has 1 amide bonds. The van der Waals surface area contributed by atoms with E-state index >= 15 is 0 Å². The van der Waals surface area contributed by atoms with Gasteiger partial charge in [-0.25, -0.2) is 0 Å². The molecule has 158 valence electrons. The predicted molar refractivity (Wildman–Crippen MR) is 122 cm³/mol. The maximum atomic E-state index is 12.8. The van der Waals surface area contributed by atoms with Gasteiger partial charge in [0, 0.05) is 67.1 Å². The third kappa shape index (κ3) is 4.06. The molecule has 1 aromatic carbocycles. The second-order valence-electron chi connectivity index (χ2n) is 8.27. The van der Waals surface area contributed by atoms with Crippen LogP contribution in [0.1, 0.15) is 40.1 Å². The van der Waals surface area contributed by atoms with Gasteiger partial charge in [0.05, 0.1) is 11.7 Å². The van der Waals surface area contributed by atoms with Gasteiger partial charge < -0.3 is 16.0 Å². The van der Waals surface area contributed by atoms with Gasteiger partial charge in [-0.15, -0.1) is 0 Å². The van der Waals surface area contributed by atoms with E-state index in [0.717, 1.165) is 49.5 Å². The van der Waals surface area contributed by atoms with Crippen molar-refractivity contribution in [1.82, 2.24) is 20.5 Å². The van der Waals surface area contributed by atoms with Gasteiger partial charge in [-0.05, 0) is 48.9 Å². The van der Waals surface area contributed by atoms with Gasteiger partial charge >= 0.3 is 0 Å². The lowest BCUT2D eigenvalue weighted by Gasteiger charge is -2.36. The Morgan fingerprint density at radius 1 is 1.20 bits per heavy atom. The van der Waals surface area contributed by atoms with Crippen molar-refractivity contribution in [2.45, 2.75) is 18.5 Å². The Kier molecular flexibility index (Phi) is 5.93. The minimum atomic E-state index is 0.0191. The van der Waals surface area contributed by atoms with Gasteiger partial charge in [0.2, 0.25) is 0 Å². The predicted octanol–water partition coefficient (Wildman–Crippen LogP) is 2.68. The van der Waals surface area contributed by atoms with E-state index in [1.54, 1.807) is 0 Å². The summed E-state index contributed by atoms with van der Waals surface area (Å²) >= 11 is 2.01. The monoisotopic (exact) mass is 423 g/mol. The Balaban J connectivity index is 1.29. The SMILES string of the molecule is O=C(NCCN1CCSCC1)c1ccc2c(c1)[C@H]1NCC[C@H]1C(c1ccccn1)N2. The quantitative estimate of drug-likeness (QED) is 0.687. The normalized spacial score (nSPS) is 25.8. The third-order valence-electron chi connectivity index (χ3n) is 6.48. The molecule has 5 rings (SSSR count). The van der Waals surface area contributed by atoms with Crippen LogP contribution in [-0.2, 0) is 0 Å². The zero-order valence-electron chi connectivity index (χ0n) is 17.1. The van der Waals surface area contributed by atoms with Crippen LogP contribution >= 0.6 is 11.8 Å². The summed E-state index contributed by atoms with van der Waals surface area (Å²) in [6.07, 6.45) is 2.96. The summed E-state index contributed by atoms with van der Waals surface area (Å²) in [6, 6.07) is 12.6. The van der Waals surface area contributed by atoms with E-state index in [9.17, 15) is 4.79 Å². The lowest BCUT2D eigenvalue weighted by molar-refractivity contribution is 0.0948. The van der Waals surface area contributed by atoms with Crippen LogP contribution < -0.4 is 16.0 Å². The fraction of sp³-hybridized carbons (Fsp3) is 0.478. The molecule has 0 aliphatic carbocycles. The largest absolute Gasteiger partial charge is 0.376 e. The van der Waals surface area contributed by atoms with E-state index in [0.29, 0.717) is 12.5 Å². The molecule has 0 radical (unpaired) electrons. The molecule has 0 spiro atoms. The zero-order chi connectivity index (χ0) is 20.3. The molecule has 0 saturated carbocycles. The van der Waals surface area contributed by atoms with Crippen LogP contribution in [0, 0.1) is 5.92 Å². The summed E-state index contributed by atoms with van der Waals surface area (Å²) in [5, 5.41) is 10.5. The van der Waals surface area contributed by atoms with E-state index in [1.165, 1.54) is 17.1 Å². The lowest BCUT2D eigenvalue weighted by atomic mass is 9.81. The Bertz CT molecular complexity index is 886. The zero-order valence-corrected chi connectivity index (χ0v) is 18.0. The van der Waals surface area contributed by atoms with E-state index in [-0.39, 0.29) is 18.0 Å². The van der Waals surface area contributed by atoms with Crippen molar-refractivity contribution < 1.29 is 4.79 Å². The van der Waals surface area contributed by atoms with Crippen LogP contribution in [0.15, 0.2) is 42.6 Å². The molecule has 6 nitrogen and oxygen atoms in total. The molecule has 3 atom stereocenters. The average molecular weight is 424 g/mol. The molecule has 30 heavy (non-hydrogen) atoms. The summed E-state index contributed by atoms with van der Waals surface area (Å²) in [4.78, 5) is 19.8. The molecule has 3 N–H and O–H groups in total. The molecular weight excluding hydrogens is 394 g/mol. The highest BCUT2D eigenvalue weighted by atomic mass is 32.2. The fourth-order valence-corrected chi connectivity index (χ4v) is 5.88. The first-order valence-corrected chi connectivity index (χ1v) is 12.1. The number of carbonyl (C=O) groups is 1. The highest BCUT2D eigenvalue weighted by Gasteiger charge is 2.41. The third-order valence-corrected chi connectivity index (χ3v) is 7.42. The Morgan fingerprint density at radius 3 is 2.93 bits per heavy atom. The number of hydrogen-bond donors (Lipinski definition) is 3. The van der Waals surface area contributed by atoms with E-state index < -0.39 is 0 Å². The van der Waals surface area contributed by atoms with Crippen LogP contribution in [-0.4, -0.2) is 60.0 Å². The van der Waals surface area contributed by atoms with Crippen molar-refractivity contribution in [3.05, 3.63) is 59.4 Å². The van der Waals surface area contributed by atoms with Gasteiger partial charge in [-0.3, -0.25) is 14.7 Å². The number of amides is 1. The van der Waals surface area contributed by atoms with Crippen LogP contribution in [0.4, 0.5) is 5.69 Å². The molecule has 1 aromatic heterocycles. The average Bonchev–Trinajstić information content (AvgIpc) is 3.30. The van der Waals surface area contributed by atoms with Crippen LogP contribution in [0.3, 0.4) is 0 Å². The number of hydrogen-bond acceptors (Lipinski definition) is 6. The van der Waals surface area contributed by atoms with Crippen molar-refractivity contribution >= 4 is 23.4 Å². The smallest absolute Gasteiger partial charge is 0.251 e. The Labute approximate surface area is 182 Å². The van der Waals surface area contributed by atoms with Crippen LogP contribution in [0.25, 0.3) is 0 Å². The Hall–Kier alpha value is -2.09. The second kappa shape index (κ2) is 8.96. The molecule has 2 saturated heterocycles. The maximum Gasteiger partial charge on any atom is 0.251 e. The summed E-state index contributed by atoms with van der Waals surface area (Å²) in [5.41, 5.74) is 4.13. The maximum absolute atomic E-state index is 12.8. The number of anilines is 1. The molecule has 3 aliphatic rings. The standard InChI is InChI=1S/C23H29N5OS/c29-23(26-9-10-28-11-13-30-14-12-28)16-4-5-19-18(15-16)21-17(6-8-25-21)22(27-19)20-3-1-2-7-24-20/h1-5,7,15,17,21-22,25,27H,6,8-14H2,(H,26,29)/t17-,21+,22?/m1/s1. The molecule has 2 fully saturated rings. The van der Waals surface area contributed by atoms with Crippen molar-refractivity contribution in [1.29, 1.82) is 0 Å². The number of fused-ring (bicyclic) bond motifs is 3. The van der Waals surface area contributed by atoms with E-state index in [4.69, 9.17) is 0 Å². The first-order valence-electron chi connectivity index (χ1n) is 10.9. The number of aromatic nitrogens is 1. The molecule has 1 unspecified atom stereocenters. The second-order valence-corrected chi connectivity index (χ2v) is 9.50. The molecular formula is C23H29N5OS. The number of pyridine rings is 1. The first-order chi connectivity index (χ1) is 14.8. The van der Waals surface area contributed by atoms with Crippen molar-refractivity contribution in [3.8, 4) is 0 Å². The number of rotatable bonds is 5. The molecule has 7 heteroatoms. The molecule has 0 bridgehead atoms. The number of nitrogens with one attached hydrogen (secondary N) is 3. The van der Waals surface area contributed by atoms with Crippen molar-refractivity contribution in [2.24, 2.45) is 5.92 Å². The van der Waals surface area contributed by atoms with Gasteiger partial charge in [0.25, 0.3) is 5.91 Å². The number of benzene rings is 1. The minimum absolute atomic E-state index is 0.0191. The number of carbonyl (C=O) groups excluding carboxylic acids is 1. The summed E-state index contributed by atoms with van der Waals surface area (Å²) < 4.78 is 0. The first kappa shape index (κ1) is 19.8. The topological polar surface area (TPSA) is 69.3 Å². The van der Waals surface area contributed by atoms with E-state index in [1.807, 2.05) is 36.2 Å². The van der Waals surface area contributed by atoms with Crippen LogP contribution in [0.2, 0.25) is 0 Å². The van der Waals surface area contributed by atoms with Crippen molar-refractivity contribution in [2.75, 3.05) is 49.5 Å².